The number of nitrogens with zero attached hydrogens (tertiary/aromatic N) is 2. The molecular formula is C10H19N4O+. The average Bonchev–Trinajstić information content (AvgIpc) is 2.21. The van der Waals surface area contributed by atoms with E-state index in [-0.39, 0.29) is 5.91 Å². The molecule has 0 aromatic rings. The van der Waals surface area contributed by atoms with Gasteiger partial charge in [-0.15, -0.1) is 0 Å². The molecule has 1 rings (SSSR count). The van der Waals surface area contributed by atoms with Crippen LogP contribution in [0.2, 0.25) is 0 Å². The van der Waals surface area contributed by atoms with E-state index in [1.807, 2.05) is 0 Å². The lowest BCUT2D eigenvalue weighted by Crippen LogP contribution is -2.57. The van der Waals surface area contributed by atoms with E-state index in [9.17, 15) is 4.79 Å². The summed E-state index contributed by atoms with van der Waals surface area (Å²) in [4.78, 5) is 12.9. The van der Waals surface area contributed by atoms with Crippen LogP contribution in [-0.2, 0) is 4.79 Å². The van der Waals surface area contributed by atoms with Crippen LogP contribution < -0.4 is 11.5 Å². The monoisotopic (exact) mass is 211 g/mol. The van der Waals surface area contributed by atoms with Crippen molar-refractivity contribution in [2.24, 2.45) is 5.73 Å². The highest BCUT2D eigenvalue weighted by Gasteiger charge is 2.30. The Morgan fingerprint density at radius 3 is 2.60 bits per heavy atom. The standard InChI is InChI=1S/C10H18N4O/c11-8-10(13)3-6-14(7-4-10)5-1-2-9(12)15/h1-7,13H2,(H2,12,15)/p+1. The number of piperidine rings is 1. The second-order valence-electron chi connectivity index (χ2n) is 4.25. The first-order valence-electron chi connectivity index (χ1n) is 5.33. The lowest BCUT2D eigenvalue weighted by Gasteiger charge is -2.34. The van der Waals surface area contributed by atoms with Crippen molar-refractivity contribution >= 4 is 5.91 Å². The first-order chi connectivity index (χ1) is 7.06. The summed E-state index contributed by atoms with van der Waals surface area (Å²) in [5.74, 6) is -0.00259. The minimum Gasteiger partial charge on any atom is -0.313 e. The fourth-order valence-electron chi connectivity index (χ4n) is 1.79. The topological polar surface area (TPSA) is 97.8 Å². The van der Waals surface area contributed by atoms with E-state index in [2.05, 4.69) is 16.7 Å². The molecule has 0 aromatic carbocycles. The first kappa shape index (κ1) is 12.1. The lowest BCUT2D eigenvalue weighted by molar-refractivity contribution is -0.305. The molecule has 15 heavy (non-hydrogen) atoms. The smallest absolute Gasteiger partial charge is 0.308 e. The molecule has 1 aliphatic rings. The minimum atomic E-state index is -0.626. The maximum Gasteiger partial charge on any atom is 0.308 e. The van der Waals surface area contributed by atoms with Gasteiger partial charge in [-0.25, -0.2) is 4.79 Å². The summed E-state index contributed by atoms with van der Waals surface area (Å²) in [6.07, 6.45) is 2.85. The molecule has 1 heterocycles. The second-order valence-corrected chi connectivity index (χ2v) is 4.25. The minimum absolute atomic E-state index is 0.00259. The van der Waals surface area contributed by atoms with Crippen molar-refractivity contribution in [2.75, 3.05) is 19.6 Å². The van der Waals surface area contributed by atoms with E-state index in [4.69, 9.17) is 11.0 Å². The molecule has 0 radical (unpaired) electrons. The van der Waals surface area contributed by atoms with Gasteiger partial charge in [-0.1, -0.05) is 0 Å². The van der Waals surface area contributed by atoms with Gasteiger partial charge in [0.2, 0.25) is 0 Å². The van der Waals surface area contributed by atoms with Crippen LogP contribution in [0.4, 0.5) is 0 Å². The highest BCUT2D eigenvalue weighted by atomic mass is 16.1. The van der Waals surface area contributed by atoms with Crippen LogP contribution in [0, 0.1) is 11.3 Å². The summed E-state index contributed by atoms with van der Waals surface area (Å²) in [6.45, 7) is 2.62. The van der Waals surface area contributed by atoms with Gasteiger partial charge >= 0.3 is 5.91 Å². The van der Waals surface area contributed by atoms with Crippen molar-refractivity contribution in [2.45, 2.75) is 31.2 Å². The number of nitriles is 1. The Balaban J connectivity index is 2.21. The van der Waals surface area contributed by atoms with Gasteiger partial charge in [0.15, 0.2) is 0 Å². The van der Waals surface area contributed by atoms with E-state index >= 15 is 0 Å². The van der Waals surface area contributed by atoms with Crippen LogP contribution in [0.5, 0.6) is 0 Å². The van der Waals surface area contributed by atoms with Gasteiger partial charge in [0.1, 0.15) is 5.54 Å². The quantitative estimate of drug-likeness (QED) is 0.613. The van der Waals surface area contributed by atoms with Crippen LogP contribution in [0.3, 0.4) is 0 Å². The largest absolute Gasteiger partial charge is 0.313 e. The number of amides is 1. The van der Waals surface area contributed by atoms with Gasteiger partial charge in [0.25, 0.3) is 0 Å². The molecule has 1 fully saturated rings. The zero-order chi connectivity index (χ0) is 11.3. The van der Waals surface area contributed by atoms with Crippen molar-refractivity contribution in [1.82, 2.24) is 4.90 Å². The first-order valence-corrected chi connectivity index (χ1v) is 5.33. The number of nitrogens with two attached hydrogens (primary N) is 1. The maximum absolute atomic E-state index is 10.6. The van der Waals surface area contributed by atoms with Crippen molar-refractivity contribution in [3.63, 3.8) is 0 Å². The number of likely N-dealkylation sites (tertiary alicyclic amines) is 1. The molecule has 0 bridgehead atoms. The summed E-state index contributed by atoms with van der Waals surface area (Å²) in [5, 5.41) is 8.84. The molecule has 5 heteroatoms. The number of carbonyl (C=O) groups is 1. The average molecular weight is 211 g/mol. The van der Waals surface area contributed by atoms with E-state index < -0.39 is 5.54 Å². The summed E-state index contributed by atoms with van der Waals surface area (Å²) in [7, 11) is 0. The van der Waals surface area contributed by atoms with Crippen LogP contribution in [0.1, 0.15) is 25.7 Å². The third kappa shape index (κ3) is 3.96. The van der Waals surface area contributed by atoms with Crippen LogP contribution in [-0.4, -0.2) is 36.0 Å². The zero-order valence-corrected chi connectivity index (χ0v) is 9.04. The van der Waals surface area contributed by atoms with Gasteiger partial charge in [-0.2, -0.15) is 5.26 Å². The molecule has 5 N–H and O–H groups in total. The Labute approximate surface area is 90.0 Å². The third-order valence-electron chi connectivity index (χ3n) is 2.90. The summed E-state index contributed by atoms with van der Waals surface area (Å²) >= 11 is 0. The van der Waals surface area contributed by atoms with E-state index in [1.165, 1.54) is 0 Å². The number of carbonyl (C=O) groups excluding carboxylic acids is 1. The third-order valence-corrected chi connectivity index (χ3v) is 2.90. The van der Waals surface area contributed by atoms with Crippen LogP contribution >= 0.6 is 0 Å². The molecule has 84 valence electrons. The van der Waals surface area contributed by atoms with E-state index in [0.29, 0.717) is 6.42 Å². The molecule has 1 saturated heterocycles. The molecule has 0 aliphatic carbocycles. The molecule has 0 atom stereocenters. The van der Waals surface area contributed by atoms with Crippen molar-refractivity contribution < 1.29 is 10.5 Å². The molecule has 0 saturated carbocycles. The van der Waals surface area contributed by atoms with Crippen molar-refractivity contribution in [3.8, 4) is 6.07 Å². The lowest BCUT2D eigenvalue weighted by atomic mass is 9.90. The molecule has 1 aliphatic heterocycles. The van der Waals surface area contributed by atoms with Crippen molar-refractivity contribution in [1.29, 1.82) is 5.26 Å². The maximum atomic E-state index is 10.6. The van der Waals surface area contributed by atoms with Crippen molar-refractivity contribution in [3.05, 3.63) is 0 Å². The molecular weight excluding hydrogens is 192 g/mol. The summed E-state index contributed by atoms with van der Waals surface area (Å²) < 4.78 is 0. The van der Waals surface area contributed by atoms with Gasteiger partial charge in [0.05, 0.1) is 12.5 Å². The Morgan fingerprint density at radius 1 is 1.53 bits per heavy atom. The summed E-state index contributed by atoms with van der Waals surface area (Å²) in [5.41, 5.74) is 8.56. The molecule has 0 spiro atoms. The Hall–Kier alpha value is -0.960. The molecule has 5 nitrogen and oxygen atoms in total. The number of rotatable bonds is 4. The Bertz CT molecular complexity index is 263. The predicted octanol–water partition coefficient (Wildman–Crippen LogP) is -1.15. The summed E-state index contributed by atoms with van der Waals surface area (Å²) in [6, 6.07) is 2.16. The predicted molar refractivity (Wildman–Crippen MR) is 55.3 cm³/mol. The molecule has 0 unspecified atom stereocenters. The second kappa shape index (κ2) is 5.21. The highest BCUT2D eigenvalue weighted by molar-refractivity contribution is 5.64. The van der Waals surface area contributed by atoms with E-state index in [0.717, 1.165) is 38.9 Å². The SMILES string of the molecule is N#CC1(N)CCN(CCCC([NH3+])=O)CC1. The molecule has 0 aromatic heterocycles. The van der Waals surface area contributed by atoms with Crippen LogP contribution in [0.15, 0.2) is 0 Å². The van der Waals surface area contributed by atoms with Gasteiger partial charge < -0.3 is 10.6 Å². The number of quaternary nitrogens is 1. The fourth-order valence-corrected chi connectivity index (χ4v) is 1.79. The number of hydrogen-bond acceptors (Lipinski definition) is 4. The van der Waals surface area contributed by atoms with Crippen LogP contribution in [0.25, 0.3) is 0 Å². The Kier molecular flexibility index (Phi) is 4.21. The van der Waals surface area contributed by atoms with Gasteiger partial charge in [0, 0.05) is 13.1 Å². The molecule has 1 amide bonds. The van der Waals surface area contributed by atoms with Gasteiger partial charge in [-0.3, -0.25) is 5.73 Å². The fraction of sp³-hybridized carbons (Fsp3) is 0.800. The van der Waals surface area contributed by atoms with Gasteiger partial charge in [-0.05, 0) is 25.8 Å². The highest BCUT2D eigenvalue weighted by Crippen LogP contribution is 2.18. The van der Waals surface area contributed by atoms with E-state index in [1.54, 1.807) is 0 Å². The Morgan fingerprint density at radius 2 is 2.13 bits per heavy atom. The zero-order valence-electron chi connectivity index (χ0n) is 9.04. The normalized spacial score (nSPS) is 20.9. The number of hydrogen-bond donors (Lipinski definition) is 2.